The van der Waals surface area contributed by atoms with Gasteiger partial charge in [-0.1, -0.05) is 11.6 Å². The summed E-state index contributed by atoms with van der Waals surface area (Å²) in [6.45, 7) is 4.52. The number of hydrogen-bond acceptors (Lipinski definition) is 5. The van der Waals surface area contributed by atoms with Crippen molar-refractivity contribution in [2.75, 3.05) is 20.2 Å². The summed E-state index contributed by atoms with van der Waals surface area (Å²) in [5.74, 6) is -0.515. The average Bonchev–Trinajstić information content (AvgIpc) is 2.53. The van der Waals surface area contributed by atoms with Crippen LogP contribution in [0.15, 0.2) is 23.1 Å². The number of hydrogen-bond donors (Lipinski definition) is 1. The summed E-state index contributed by atoms with van der Waals surface area (Å²) in [5.41, 5.74) is 6.82. The van der Waals surface area contributed by atoms with Gasteiger partial charge in [-0.15, -0.1) is 0 Å². The third-order valence-electron chi connectivity index (χ3n) is 4.32. The lowest BCUT2D eigenvalue weighted by atomic mass is 9.93. The molecule has 1 aromatic rings. The molecule has 128 valence electrons. The first-order valence-corrected chi connectivity index (χ1v) is 9.16. The van der Waals surface area contributed by atoms with Crippen LogP contribution >= 0.6 is 0 Å². The minimum atomic E-state index is -3.75. The van der Waals surface area contributed by atoms with E-state index in [2.05, 4.69) is 0 Å². The molecule has 0 bridgehead atoms. The smallest absolute Gasteiger partial charge is 0.339 e. The number of ether oxygens (including phenoxy) is 1. The number of rotatable bonds is 4. The van der Waals surface area contributed by atoms with Crippen LogP contribution in [0.25, 0.3) is 0 Å². The van der Waals surface area contributed by atoms with Gasteiger partial charge in [0.2, 0.25) is 10.0 Å². The van der Waals surface area contributed by atoms with Crippen molar-refractivity contribution < 1.29 is 17.9 Å². The second-order valence-corrected chi connectivity index (χ2v) is 8.02. The third kappa shape index (κ3) is 3.73. The highest BCUT2D eigenvalue weighted by atomic mass is 32.2. The molecule has 0 spiro atoms. The van der Waals surface area contributed by atoms with Gasteiger partial charge in [-0.3, -0.25) is 0 Å². The van der Waals surface area contributed by atoms with E-state index in [4.69, 9.17) is 10.5 Å². The predicted molar refractivity (Wildman–Crippen MR) is 87.7 cm³/mol. The summed E-state index contributed by atoms with van der Waals surface area (Å²) < 4.78 is 32.1. The summed E-state index contributed by atoms with van der Waals surface area (Å²) >= 11 is 0. The summed E-state index contributed by atoms with van der Waals surface area (Å²) in [5, 5.41) is 0. The van der Waals surface area contributed by atoms with Gasteiger partial charge in [0.05, 0.1) is 17.6 Å². The van der Waals surface area contributed by atoms with Gasteiger partial charge in [-0.2, -0.15) is 4.31 Å². The zero-order valence-corrected chi connectivity index (χ0v) is 14.6. The molecule has 2 atom stereocenters. The highest BCUT2D eigenvalue weighted by Crippen LogP contribution is 2.27. The number of carbonyl (C=O) groups is 1. The van der Waals surface area contributed by atoms with Gasteiger partial charge < -0.3 is 10.5 Å². The van der Waals surface area contributed by atoms with E-state index in [1.807, 2.05) is 6.92 Å². The predicted octanol–water partition coefficient (Wildman–Crippen LogP) is 1.53. The van der Waals surface area contributed by atoms with Crippen molar-refractivity contribution in [3.8, 4) is 0 Å². The first-order chi connectivity index (χ1) is 10.8. The van der Waals surface area contributed by atoms with Gasteiger partial charge in [-0.05, 0) is 44.7 Å². The number of aryl methyl sites for hydroxylation is 1. The standard InChI is InChI=1S/C16H24N2O4S/c1-11-6-7-15(14(9-11)16(19)22-3)23(20,21)18-8-4-5-13(10-18)12(2)17/h6-7,9,12-13H,4-5,8,10,17H2,1-3H3. The van der Waals surface area contributed by atoms with Crippen molar-refractivity contribution in [2.24, 2.45) is 11.7 Å². The van der Waals surface area contributed by atoms with Crippen molar-refractivity contribution in [3.63, 3.8) is 0 Å². The second-order valence-electron chi connectivity index (χ2n) is 6.12. The maximum absolute atomic E-state index is 13.0. The zero-order chi connectivity index (χ0) is 17.2. The number of nitrogens with two attached hydrogens (primary N) is 1. The van der Waals surface area contributed by atoms with Crippen molar-refractivity contribution in [3.05, 3.63) is 29.3 Å². The number of esters is 1. The number of piperidine rings is 1. The van der Waals surface area contributed by atoms with Crippen molar-refractivity contribution in [1.82, 2.24) is 4.31 Å². The quantitative estimate of drug-likeness (QED) is 0.840. The molecule has 1 saturated heterocycles. The van der Waals surface area contributed by atoms with E-state index < -0.39 is 16.0 Å². The molecule has 0 aliphatic carbocycles. The van der Waals surface area contributed by atoms with Crippen LogP contribution in [0.4, 0.5) is 0 Å². The normalized spacial score (nSPS) is 21.0. The third-order valence-corrected chi connectivity index (χ3v) is 6.25. The van der Waals surface area contributed by atoms with Crippen LogP contribution in [0, 0.1) is 12.8 Å². The first kappa shape index (κ1) is 17.9. The maximum atomic E-state index is 13.0. The number of sulfonamides is 1. The van der Waals surface area contributed by atoms with Gasteiger partial charge in [0.1, 0.15) is 0 Å². The minimum absolute atomic E-state index is 0.000254. The summed E-state index contributed by atoms with van der Waals surface area (Å²) in [7, 11) is -2.51. The molecule has 1 aromatic carbocycles. The Balaban J connectivity index is 2.42. The molecule has 1 aliphatic heterocycles. The van der Waals surface area contributed by atoms with E-state index in [1.165, 1.54) is 17.5 Å². The van der Waals surface area contributed by atoms with Gasteiger partial charge in [0, 0.05) is 19.1 Å². The number of nitrogens with zero attached hydrogens (tertiary/aromatic N) is 1. The van der Waals surface area contributed by atoms with Crippen LogP contribution in [-0.4, -0.2) is 44.9 Å². The lowest BCUT2D eigenvalue weighted by molar-refractivity contribution is 0.0596. The molecule has 1 aliphatic rings. The van der Waals surface area contributed by atoms with E-state index in [-0.39, 0.29) is 22.4 Å². The Kier molecular flexibility index (Phi) is 5.44. The largest absolute Gasteiger partial charge is 0.465 e. The molecule has 6 nitrogen and oxygen atoms in total. The Hall–Kier alpha value is -1.44. The van der Waals surface area contributed by atoms with E-state index >= 15 is 0 Å². The van der Waals surface area contributed by atoms with E-state index in [0.29, 0.717) is 13.1 Å². The SMILES string of the molecule is COC(=O)c1cc(C)ccc1S(=O)(=O)N1CCCC(C(C)N)C1. The summed E-state index contributed by atoms with van der Waals surface area (Å²) in [6.07, 6.45) is 1.69. The Morgan fingerprint density at radius 3 is 2.74 bits per heavy atom. The fourth-order valence-corrected chi connectivity index (χ4v) is 4.59. The Bertz CT molecular complexity index is 685. The molecule has 23 heavy (non-hydrogen) atoms. The molecule has 0 aromatic heterocycles. The van der Waals surface area contributed by atoms with Crippen LogP contribution in [0.5, 0.6) is 0 Å². The van der Waals surface area contributed by atoms with Crippen LogP contribution in [0.2, 0.25) is 0 Å². The highest BCUT2D eigenvalue weighted by Gasteiger charge is 2.34. The second kappa shape index (κ2) is 6.98. The molecule has 2 N–H and O–H groups in total. The molecule has 0 amide bonds. The molecule has 2 unspecified atom stereocenters. The summed E-state index contributed by atoms with van der Waals surface area (Å²) in [4.78, 5) is 12.0. The van der Waals surface area contributed by atoms with Gasteiger partial charge in [-0.25, -0.2) is 13.2 Å². The van der Waals surface area contributed by atoms with Crippen LogP contribution in [-0.2, 0) is 14.8 Å². The van der Waals surface area contributed by atoms with E-state index in [0.717, 1.165) is 18.4 Å². The lowest BCUT2D eigenvalue weighted by Crippen LogP contribution is -2.45. The Morgan fingerprint density at radius 1 is 1.43 bits per heavy atom. The number of carbonyl (C=O) groups excluding carboxylic acids is 1. The van der Waals surface area contributed by atoms with Crippen LogP contribution < -0.4 is 5.73 Å². The highest BCUT2D eigenvalue weighted by molar-refractivity contribution is 7.89. The van der Waals surface area contributed by atoms with Crippen LogP contribution in [0.1, 0.15) is 35.7 Å². The number of methoxy groups -OCH3 is 1. The molecular formula is C16H24N2O4S. The zero-order valence-electron chi connectivity index (χ0n) is 13.8. The molecular weight excluding hydrogens is 316 g/mol. The van der Waals surface area contributed by atoms with Gasteiger partial charge in [0.25, 0.3) is 0 Å². The molecule has 1 fully saturated rings. The van der Waals surface area contributed by atoms with E-state index in [9.17, 15) is 13.2 Å². The fourth-order valence-electron chi connectivity index (χ4n) is 2.90. The Labute approximate surface area is 137 Å². The molecule has 2 rings (SSSR count). The Morgan fingerprint density at radius 2 is 2.13 bits per heavy atom. The van der Waals surface area contributed by atoms with Crippen molar-refractivity contribution >= 4 is 16.0 Å². The van der Waals surface area contributed by atoms with Crippen LogP contribution in [0.3, 0.4) is 0 Å². The van der Waals surface area contributed by atoms with Gasteiger partial charge in [0.15, 0.2) is 0 Å². The lowest BCUT2D eigenvalue weighted by Gasteiger charge is -2.34. The van der Waals surface area contributed by atoms with Crippen molar-refractivity contribution in [1.29, 1.82) is 0 Å². The van der Waals surface area contributed by atoms with Gasteiger partial charge >= 0.3 is 5.97 Å². The molecule has 7 heteroatoms. The maximum Gasteiger partial charge on any atom is 0.339 e. The minimum Gasteiger partial charge on any atom is -0.465 e. The molecule has 1 heterocycles. The first-order valence-electron chi connectivity index (χ1n) is 7.72. The topological polar surface area (TPSA) is 89.7 Å². The molecule has 0 saturated carbocycles. The number of benzene rings is 1. The average molecular weight is 340 g/mol. The molecule has 0 radical (unpaired) electrons. The monoisotopic (exact) mass is 340 g/mol. The van der Waals surface area contributed by atoms with Crippen molar-refractivity contribution in [2.45, 2.75) is 37.6 Å². The summed E-state index contributed by atoms with van der Waals surface area (Å²) in [6, 6.07) is 4.65. The fraction of sp³-hybridized carbons (Fsp3) is 0.562. The van der Waals surface area contributed by atoms with E-state index in [1.54, 1.807) is 19.1 Å².